The Morgan fingerprint density at radius 1 is 1.53 bits per heavy atom. The van der Waals surface area contributed by atoms with E-state index in [1.165, 1.54) is 6.20 Å². The van der Waals surface area contributed by atoms with Crippen LogP contribution in [0.25, 0.3) is 0 Å². The Kier molecular flexibility index (Phi) is 3.29. The number of hydrogen-bond acceptors (Lipinski definition) is 6. The molecule has 0 saturated carbocycles. The highest BCUT2D eigenvalue weighted by molar-refractivity contribution is 7.11. The van der Waals surface area contributed by atoms with Gasteiger partial charge in [-0.05, 0) is 29.0 Å². The second kappa shape index (κ2) is 4.88. The summed E-state index contributed by atoms with van der Waals surface area (Å²) in [4.78, 5) is 19.1. The molecule has 2 aromatic heterocycles. The van der Waals surface area contributed by atoms with Gasteiger partial charge >= 0.3 is 5.82 Å². The normalized spacial score (nSPS) is 10.2. The maximum absolute atomic E-state index is 10.7. The molecule has 0 unspecified atom stereocenters. The van der Waals surface area contributed by atoms with Gasteiger partial charge < -0.3 is 15.4 Å². The topological polar surface area (TPSA) is 81.0 Å². The van der Waals surface area contributed by atoms with Gasteiger partial charge in [0.1, 0.15) is 11.9 Å². The van der Waals surface area contributed by atoms with E-state index in [2.05, 4.69) is 15.3 Å². The van der Waals surface area contributed by atoms with E-state index in [1.807, 2.05) is 6.92 Å². The van der Waals surface area contributed by atoms with Crippen LogP contribution in [0.3, 0.4) is 0 Å². The van der Waals surface area contributed by atoms with Crippen molar-refractivity contribution < 1.29 is 4.92 Å². The van der Waals surface area contributed by atoms with Crippen LogP contribution in [0.2, 0.25) is 0 Å². The Labute approximate surface area is 102 Å². The van der Waals surface area contributed by atoms with Gasteiger partial charge in [-0.1, -0.05) is 0 Å². The Morgan fingerprint density at radius 2 is 2.35 bits per heavy atom. The van der Waals surface area contributed by atoms with Gasteiger partial charge in [0.2, 0.25) is 0 Å². The number of anilines is 1. The number of nitrogens with zero attached hydrogens (tertiary/aromatic N) is 3. The Hall–Kier alpha value is -2.02. The third-order valence-corrected chi connectivity index (χ3v) is 2.99. The smallest absolute Gasteiger partial charge is 0.373 e. The van der Waals surface area contributed by atoms with Crippen molar-refractivity contribution in [3.05, 3.63) is 44.5 Å². The average molecular weight is 250 g/mol. The van der Waals surface area contributed by atoms with Crippen LogP contribution in [0, 0.1) is 17.0 Å². The zero-order valence-corrected chi connectivity index (χ0v) is 9.90. The SMILES string of the molecule is Cc1ncc(CNc2cccnc2[N+](=O)[O-])s1. The van der Waals surface area contributed by atoms with Crippen LogP contribution in [-0.4, -0.2) is 14.9 Å². The number of hydrogen-bond donors (Lipinski definition) is 1. The number of rotatable bonds is 4. The lowest BCUT2D eigenvalue weighted by Crippen LogP contribution is -2.02. The first kappa shape index (κ1) is 11.5. The van der Waals surface area contributed by atoms with Gasteiger partial charge in [0.05, 0.1) is 11.6 Å². The summed E-state index contributed by atoms with van der Waals surface area (Å²) in [6.07, 6.45) is 3.16. The molecule has 0 amide bonds. The number of pyridine rings is 1. The van der Waals surface area contributed by atoms with E-state index >= 15 is 0 Å². The molecular formula is C10H10N4O2S. The van der Waals surface area contributed by atoms with Crippen LogP contribution in [0.15, 0.2) is 24.5 Å². The average Bonchev–Trinajstić information content (AvgIpc) is 2.73. The molecule has 2 rings (SSSR count). The summed E-state index contributed by atoms with van der Waals surface area (Å²) in [6, 6.07) is 3.30. The maximum Gasteiger partial charge on any atom is 0.386 e. The number of thiazole rings is 1. The van der Waals surface area contributed by atoms with Gasteiger partial charge in [0.15, 0.2) is 0 Å². The summed E-state index contributed by atoms with van der Waals surface area (Å²) in [7, 11) is 0. The van der Waals surface area contributed by atoms with Crippen LogP contribution in [-0.2, 0) is 6.54 Å². The van der Waals surface area contributed by atoms with Crippen molar-refractivity contribution in [2.45, 2.75) is 13.5 Å². The molecule has 0 aliphatic rings. The lowest BCUT2D eigenvalue weighted by atomic mass is 10.3. The Balaban J connectivity index is 2.11. The summed E-state index contributed by atoms with van der Waals surface area (Å²) in [5.41, 5.74) is 0.420. The molecule has 0 aromatic carbocycles. The number of aromatic nitrogens is 2. The monoisotopic (exact) mass is 250 g/mol. The predicted octanol–water partition coefficient (Wildman–Crippen LogP) is 2.37. The summed E-state index contributed by atoms with van der Waals surface area (Å²) in [6.45, 7) is 2.43. The molecule has 0 bridgehead atoms. The lowest BCUT2D eigenvalue weighted by Gasteiger charge is -2.03. The van der Waals surface area contributed by atoms with Gasteiger partial charge in [-0.25, -0.2) is 4.98 Å². The van der Waals surface area contributed by atoms with Crippen molar-refractivity contribution in [3.63, 3.8) is 0 Å². The number of aryl methyl sites for hydroxylation is 1. The predicted molar refractivity (Wildman–Crippen MR) is 65.1 cm³/mol. The van der Waals surface area contributed by atoms with E-state index in [9.17, 15) is 10.1 Å². The molecule has 0 spiro atoms. The van der Waals surface area contributed by atoms with Crippen molar-refractivity contribution in [2.24, 2.45) is 0 Å². The van der Waals surface area contributed by atoms with Gasteiger partial charge in [0.25, 0.3) is 0 Å². The number of nitrogens with one attached hydrogen (secondary N) is 1. The molecule has 2 aromatic rings. The molecule has 0 fully saturated rings. The third-order valence-electron chi connectivity index (χ3n) is 2.08. The van der Waals surface area contributed by atoms with Gasteiger partial charge in [-0.15, -0.1) is 11.3 Å². The molecule has 6 nitrogen and oxygen atoms in total. The van der Waals surface area contributed by atoms with Gasteiger partial charge in [0, 0.05) is 11.1 Å². The third kappa shape index (κ3) is 2.76. The quantitative estimate of drug-likeness (QED) is 0.665. The van der Waals surface area contributed by atoms with E-state index in [0.29, 0.717) is 12.2 Å². The highest BCUT2D eigenvalue weighted by Crippen LogP contribution is 2.21. The molecule has 0 aliphatic carbocycles. The fraction of sp³-hybridized carbons (Fsp3) is 0.200. The van der Waals surface area contributed by atoms with E-state index in [4.69, 9.17) is 0 Å². The van der Waals surface area contributed by atoms with Gasteiger partial charge in [-0.2, -0.15) is 0 Å². The largest absolute Gasteiger partial charge is 0.386 e. The summed E-state index contributed by atoms with van der Waals surface area (Å²) >= 11 is 1.56. The Bertz CT molecular complexity index is 541. The molecule has 1 N–H and O–H groups in total. The zero-order valence-electron chi connectivity index (χ0n) is 9.08. The first-order valence-electron chi connectivity index (χ1n) is 4.91. The molecule has 0 aliphatic heterocycles. The van der Waals surface area contributed by atoms with Crippen LogP contribution in [0.5, 0.6) is 0 Å². The van der Waals surface area contributed by atoms with Crippen LogP contribution < -0.4 is 5.32 Å². The fourth-order valence-electron chi connectivity index (χ4n) is 1.35. The highest BCUT2D eigenvalue weighted by atomic mass is 32.1. The van der Waals surface area contributed by atoms with Crippen molar-refractivity contribution in [1.29, 1.82) is 0 Å². The van der Waals surface area contributed by atoms with Crippen molar-refractivity contribution in [1.82, 2.24) is 9.97 Å². The minimum Gasteiger partial charge on any atom is -0.373 e. The summed E-state index contributed by atoms with van der Waals surface area (Å²) < 4.78 is 0. The van der Waals surface area contributed by atoms with Crippen molar-refractivity contribution in [2.75, 3.05) is 5.32 Å². The molecule has 0 saturated heterocycles. The maximum atomic E-state index is 10.7. The second-order valence-electron chi connectivity index (χ2n) is 3.33. The lowest BCUT2D eigenvalue weighted by molar-refractivity contribution is -0.388. The van der Waals surface area contributed by atoms with Crippen LogP contribution in [0.1, 0.15) is 9.88 Å². The van der Waals surface area contributed by atoms with Crippen molar-refractivity contribution in [3.8, 4) is 0 Å². The first-order valence-corrected chi connectivity index (χ1v) is 5.73. The van der Waals surface area contributed by atoms with Crippen molar-refractivity contribution >= 4 is 22.8 Å². The summed E-state index contributed by atoms with van der Waals surface area (Å²) in [5.74, 6) is -0.159. The standard InChI is InChI=1S/C10H10N4O2S/c1-7-12-5-8(17-7)6-13-9-3-2-4-11-10(9)14(15)16/h2-5,13H,6H2,1H3. The highest BCUT2D eigenvalue weighted by Gasteiger charge is 2.13. The van der Waals surface area contributed by atoms with Gasteiger partial charge in [-0.3, -0.25) is 0 Å². The second-order valence-corrected chi connectivity index (χ2v) is 4.65. The Morgan fingerprint density at radius 3 is 3.00 bits per heavy atom. The molecule has 2 heterocycles. The molecule has 0 radical (unpaired) electrons. The van der Waals surface area contributed by atoms with E-state index in [0.717, 1.165) is 9.88 Å². The van der Waals surface area contributed by atoms with E-state index < -0.39 is 4.92 Å². The molecule has 17 heavy (non-hydrogen) atoms. The molecule has 7 heteroatoms. The molecule has 88 valence electrons. The fourth-order valence-corrected chi connectivity index (χ4v) is 2.08. The number of nitro groups is 1. The van der Waals surface area contributed by atoms with E-state index in [1.54, 1.807) is 29.7 Å². The minimum absolute atomic E-state index is 0.159. The zero-order chi connectivity index (χ0) is 12.3. The molecular weight excluding hydrogens is 240 g/mol. The van der Waals surface area contributed by atoms with Crippen LogP contribution >= 0.6 is 11.3 Å². The van der Waals surface area contributed by atoms with Crippen LogP contribution in [0.4, 0.5) is 11.5 Å². The first-order chi connectivity index (χ1) is 8.16. The van der Waals surface area contributed by atoms with E-state index in [-0.39, 0.29) is 5.82 Å². The summed E-state index contributed by atoms with van der Waals surface area (Å²) in [5, 5.41) is 14.7. The minimum atomic E-state index is -0.500. The molecule has 0 atom stereocenters.